The average molecular weight is 272 g/mol. The molecule has 1 aliphatic heterocycles. The Balaban J connectivity index is 2.04. The predicted molar refractivity (Wildman–Crippen MR) is 77.9 cm³/mol. The van der Waals surface area contributed by atoms with Crippen LogP contribution in [-0.2, 0) is 11.3 Å². The van der Waals surface area contributed by atoms with E-state index in [9.17, 15) is 4.79 Å². The number of benzene rings is 1. The molecule has 0 radical (unpaired) electrons. The molecule has 1 heterocycles. The molecule has 0 spiro atoms. The van der Waals surface area contributed by atoms with Gasteiger partial charge in [0.15, 0.2) is 0 Å². The normalized spacial score (nSPS) is 16.5. The summed E-state index contributed by atoms with van der Waals surface area (Å²) in [7, 11) is 1.86. The van der Waals surface area contributed by atoms with Crippen LogP contribution in [0.2, 0.25) is 0 Å². The Kier molecular flexibility index (Phi) is 5.16. The van der Waals surface area contributed by atoms with Crippen molar-refractivity contribution >= 4 is 5.91 Å². The quantitative estimate of drug-likeness (QED) is 0.806. The molecule has 0 bridgehead atoms. The average Bonchev–Trinajstić information content (AvgIpc) is 2.59. The second-order valence-electron chi connectivity index (χ2n) is 5.04. The number of hydrogen-bond donors (Lipinski definition) is 1. The third-order valence-corrected chi connectivity index (χ3v) is 3.40. The van der Waals surface area contributed by atoms with E-state index in [0.29, 0.717) is 6.54 Å². The van der Waals surface area contributed by atoms with Crippen molar-refractivity contribution < 1.29 is 9.90 Å². The first kappa shape index (κ1) is 14.6. The molecule has 0 aliphatic carbocycles. The number of carbonyl (C=O) groups excluding carboxylic acids is 1. The van der Waals surface area contributed by atoms with E-state index < -0.39 is 0 Å². The summed E-state index contributed by atoms with van der Waals surface area (Å²) in [6.45, 7) is 2.87. The van der Waals surface area contributed by atoms with Crippen LogP contribution in [0.4, 0.5) is 0 Å². The molecule has 1 aromatic rings. The van der Waals surface area contributed by atoms with Crippen LogP contribution in [0.15, 0.2) is 24.3 Å². The minimum atomic E-state index is -0.128. The molecule has 1 fully saturated rings. The van der Waals surface area contributed by atoms with Crippen molar-refractivity contribution in [2.45, 2.75) is 13.0 Å². The van der Waals surface area contributed by atoms with Gasteiger partial charge in [0.05, 0.1) is 6.54 Å². The van der Waals surface area contributed by atoms with Crippen molar-refractivity contribution in [3.05, 3.63) is 35.4 Å². The lowest BCUT2D eigenvalue weighted by atomic mass is 10.1. The monoisotopic (exact) mass is 272 g/mol. The Hall–Kier alpha value is -1.83. The number of likely N-dealkylation sites (N-methyl/N-ethyl adjacent to an activating group) is 1. The Bertz CT molecular complexity index is 531. The molecule has 0 saturated carbocycles. The summed E-state index contributed by atoms with van der Waals surface area (Å²) in [6, 6.07) is 7.95. The van der Waals surface area contributed by atoms with Gasteiger partial charge in [0, 0.05) is 32.2 Å². The van der Waals surface area contributed by atoms with Crippen LogP contribution < -0.4 is 0 Å². The van der Waals surface area contributed by atoms with Crippen molar-refractivity contribution in [2.24, 2.45) is 0 Å². The lowest BCUT2D eigenvalue weighted by Gasteiger charge is -2.19. The van der Waals surface area contributed by atoms with Crippen molar-refractivity contribution in [2.75, 3.05) is 33.3 Å². The van der Waals surface area contributed by atoms with E-state index in [1.807, 2.05) is 31.3 Å². The van der Waals surface area contributed by atoms with Crippen molar-refractivity contribution in [3.63, 3.8) is 0 Å². The van der Waals surface area contributed by atoms with E-state index >= 15 is 0 Å². The fourth-order valence-electron chi connectivity index (χ4n) is 2.33. The number of amides is 1. The summed E-state index contributed by atoms with van der Waals surface area (Å²) in [5.41, 5.74) is 2.04. The molecular formula is C16H20N2O2. The zero-order chi connectivity index (χ0) is 14.4. The fourth-order valence-corrected chi connectivity index (χ4v) is 2.33. The Morgan fingerprint density at radius 2 is 2.20 bits per heavy atom. The Labute approximate surface area is 120 Å². The first-order valence-corrected chi connectivity index (χ1v) is 6.84. The lowest BCUT2D eigenvalue weighted by molar-refractivity contribution is -0.129. The predicted octanol–water partition coefficient (Wildman–Crippen LogP) is 0.694. The van der Waals surface area contributed by atoms with Crippen molar-refractivity contribution in [1.82, 2.24) is 9.80 Å². The third kappa shape index (κ3) is 4.09. The Morgan fingerprint density at radius 1 is 1.35 bits per heavy atom. The number of hydrogen-bond acceptors (Lipinski definition) is 3. The van der Waals surface area contributed by atoms with Gasteiger partial charge in [0.2, 0.25) is 5.91 Å². The van der Waals surface area contributed by atoms with Gasteiger partial charge in [-0.2, -0.15) is 0 Å². The van der Waals surface area contributed by atoms with E-state index in [1.54, 1.807) is 4.90 Å². The van der Waals surface area contributed by atoms with Gasteiger partial charge in [-0.15, -0.1) is 0 Å². The molecule has 20 heavy (non-hydrogen) atoms. The van der Waals surface area contributed by atoms with Crippen LogP contribution in [0.3, 0.4) is 0 Å². The zero-order valence-electron chi connectivity index (χ0n) is 11.8. The van der Waals surface area contributed by atoms with E-state index in [2.05, 4.69) is 16.7 Å². The second kappa shape index (κ2) is 7.09. The zero-order valence-corrected chi connectivity index (χ0v) is 11.8. The van der Waals surface area contributed by atoms with Gasteiger partial charge < -0.3 is 10.0 Å². The molecular weight excluding hydrogens is 252 g/mol. The van der Waals surface area contributed by atoms with Gasteiger partial charge in [-0.3, -0.25) is 9.69 Å². The minimum Gasteiger partial charge on any atom is -0.384 e. The highest BCUT2D eigenvalue weighted by molar-refractivity contribution is 5.78. The molecule has 0 aromatic heterocycles. The van der Waals surface area contributed by atoms with Crippen LogP contribution in [0.25, 0.3) is 0 Å². The van der Waals surface area contributed by atoms with Crippen LogP contribution in [0.5, 0.6) is 0 Å². The molecule has 2 rings (SSSR count). The molecule has 1 saturated heterocycles. The molecule has 4 nitrogen and oxygen atoms in total. The minimum absolute atomic E-state index is 0.128. The molecule has 1 N–H and O–H groups in total. The maximum absolute atomic E-state index is 11.9. The van der Waals surface area contributed by atoms with E-state index in [0.717, 1.165) is 37.2 Å². The number of rotatable bonds is 2. The molecule has 0 atom stereocenters. The maximum atomic E-state index is 11.9. The molecule has 4 heteroatoms. The standard InChI is InChI=1S/C16H20N2O2/c1-17-8-4-9-18(13-16(17)20)12-15-6-2-5-14(11-15)7-3-10-19/h2,5-6,11,19H,4,8-10,12-13H2,1H3. The summed E-state index contributed by atoms with van der Waals surface area (Å²) in [6.07, 6.45) is 1.01. The van der Waals surface area contributed by atoms with Gasteiger partial charge in [-0.25, -0.2) is 0 Å². The Morgan fingerprint density at radius 3 is 3.00 bits per heavy atom. The first-order valence-electron chi connectivity index (χ1n) is 6.84. The summed E-state index contributed by atoms with van der Waals surface area (Å²) >= 11 is 0. The summed E-state index contributed by atoms with van der Waals surface area (Å²) in [5, 5.41) is 8.72. The van der Waals surface area contributed by atoms with Gasteiger partial charge in [-0.1, -0.05) is 24.0 Å². The van der Waals surface area contributed by atoms with E-state index in [4.69, 9.17) is 5.11 Å². The fraction of sp³-hybridized carbons (Fsp3) is 0.438. The van der Waals surface area contributed by atoms with Gasteiger partial charge in [0.25, 0.3) is 0 Å². The van der Waals surface area contributed by atoms with Crippen molar-refractivity contribution in [1.29, 1.82) is 0 Å². The highest BCUT2D eigenvalue weighted by atomic mass is 16.2. The van der Waals surface area contributed by atoms with Gasteiger partial charge >= 0.3 is 0 Å². The van der Waals surface area contributed by atoms with E-state index in [1.165, 1.54) is 0 Å². The molecule has 0 unspecified atom stereocenters. The maximum Gasteiger partial charge on any atom is 0.236 e. The molecule has 106 valence electrons. The number of aliphatic hydroxyl groups excluding tert-OH is 1. The number of nitrogens with zero attached hydrogens (tertiary/aromatic N) is 2. The van der Waals surface area contributed by atoms with Crippen LogP contribution in [0.1, 0.15) is 17.5 Å². The van der Waals surface area contributed by atoms with Gasteiger partial charge in [-0.05, 0) is 24.1 Å². The first-order chi connectivity index (χ1) is 9.69. The summed E-state index contributed by atoms with van der Waals surface area (Å²) < 4.78 is 0. The second-order valence-corrected chi connectivity index (χ2v) is 5.04. The van der Waals surface area contributed by atoms with Crippen molar-refractivity contribution in [3.8, 4) is 11.8 Å². The highest BCUT2D eigenvalue weighted by Crippen LogP contribution is 2.10. The number of aliphatic hydroxyl groups is 1. The molecule has 1 aliphatic rings. The lowest BCUT2D eigenvalue weighted by Crippen LogP contribution is -2.34. The SMILES string of the molecule is CN1CCCN(Cc2cccc(C#CCO)c2)CC1=O. The topological polar surface area (TPSA) is 43.8 Å². The smallest absolute Gasteiger partial charge is 0.236 e. The summed E-state index contributed by atoms with van der Waals surface area (Å²) in [5.74, 6) is 5.74. The third-order valence-electron chi connectivity index (χ3n) is 3.40. The molecule has 1 amide bonds. The summed E-state index contributed by atoms with van der Waals surface area (Å²) in [4.78, 5) is 15.8. The van der Waals surface area contributed by atoms with Gasteiger partial charge in [0.1, 0.15) is 6.61 Å². The highest BCUT2D eigenvalue weighted by Gasteiger charge is 2.18. The van der Waals surface area contributed by atoms with Crippen LogP contribution in [-0.4, -0.2) is 54.1 Å². The molecule has 1 aromatic carbocycles. The largest absolute Gasteiger partial charge is 0.384 e. The van der Waals surface area contributed by atoms with Crippen LogP contribution >= 0.6 is 0 Å². The van der Waals surface area contributed by atoms with Crippen LogP contribution in [0, 0.1) is 11.8 Å². The van der Waals surface area contributed by atoms with E-state index in [-0.39, 0.29) is 12.5 Å². The number of carbonyl (C=O) groups is 1.